The molecule has 1 atom stereocenters. The zero-order valence-corrected chi connectivity index (χ0v) is 13.2. The molecule has 1 aromatic carbocycles. The minimum absolute atomic E-state index is 0.0504. The first kappa shape index (κ1) is 13.1. The van der Waals surface area contributed by atoms with E-state index in [0.717, 1.165) is 10.0 Å². The number of hydrogen-bond donors (Lipinski definition) is 0. The molecular weight excluding hydrogens is 316 g/mol. The van der Waals surface area contributed by atoms with Gasteiger partial charge in [0.2, 0.25) is 0 Å². The summed E-state index contributed by atoms with van der Waals surface area (Å²) in [4.78, 5) is 2.56. The van der Waals surface area contributed by atoms with E-state index in [1.807, 2.05) is 0 Å². The van der Waals surface area contributed by atoms with Gasteiger partial charge in [0.05, 0.1) is 5.38 Å². The van der Waals surface area contributed by atoms with Gasteiger partial charge in [-0.05, 0) is 49.6 Å². The normalized spacial score (nSPS) is 12.8. The van der Waals surface area contributed by atoms with E-state index in [1.54, 1.807) is 11.3 Å². The van der Waals surface area contributed by atoms with Crippen LogP contribution in [-0.4, -0.2) is 0 Å². The highest BCUT2D eigenvalue weighted by molar-refractivity contribution is 9.10. The van der Waals surface area contributed by atoms with Gasteiger partial charge >= 0.3 is 0 Å². The fourth-order valence-electron chi connectivity index (χ4n) is 1.83. The van der Waals surface area contributed by atoms with Gasteiger partial charge in [-0.1, -0.05) is 28.1 Å². The molecule has 0 N–H and O–H groups in total. The Bertz CT molecular complexity index is 545. The molecule has 0 radical (unpaired) electrons. The number of alkyl halides is 1. The first-order valence-electron chi connectivity index (χ1n) is 5.46. The van der Waals surface area contributed by atoms with Crippen molar-refractivity contribution in [1.82, 2.24) is 0 Å². The van der Waals surface area contributed by atoms with Gasteiger partial charge in [0.15, 0.2) is 0 Å². The first-order valence-corrected chi connectivity index (χ1v) is 7.50. The van der Waals surface area contributed by atoms with Crippen LogP contribution in [0.1, 0.15) is 31.8 Å². The fourth-order valence-corrected chi connectivity index (χ4v) is 3.71. The molecule has 3 heteroatoms. The molecule has 1 unspecified atom stereocenters. The second kappa shape index (κ2) is 5.13. The van der Waals surface area contributed by atoms with Crippen LogP contribution in [0.5, 0.6) is 0 Å². The predicted octanol–water partition coefficient (Wildman–Crippen LogP) is 5.76. The van der Waals surface area contributed by atoms with Crippen LogP contribution < -0.4 is 0 Å². The zero-order chi connectivity index (χ0) is 12.6. The van der Waals surface area contributed by atoms with E-state index in [-0.39, 0.29) is 5.38 Å². The molecule has 2 aromatic rings. The summed E-state index contributed by atoms with van der Waals surface area (Å²) in [7, 11) is 0. The Labute approximate surface area is 120 Å². The summed E-state index contributed by atoms with van der Waals surface area (Å²) in [6.07, 6.45) is 0. The first-order chi connectivity index (χ1) is 7.99. The Kier molecular flexibility index (Phi) is 3.96. The molecule has 0 saturated carbocycles. The van der Waals surface area contributed by atoms with Gasteiger partial charge in [-0.2, -0.15) is 0 Å². The minimum atomic E-state index is -0.0504. The maximum absolute atomic E-state index is 6.56. The zero-order valence-electron chi connectivity index (χ0n) is 10.1. The third-order valence-electron chi connectivity index (χ3n) is 2.80. The van der Waals surface area contributed by atoms with E-state index in [0.29, 0.717) is 0 Å². The van der Waals surface area contributed by atoms with Crippen molar-refractivity contribution in [2.45, 2.75) is 26.1 Å². The molecule has 2 rings (SSSR count). The highest BCUT2D eigenvalue weighted by Crippen LogP contribution is 2.37. The van der Waals surface area contributed by atoms with E-state index in [4.69, 9.17) is 11.6 Å². The van der Waals surface area contributed by atoms with Crippen molar-refractivity contribution in [3.8, 4) is 0 Å². The van der Waals surface area contributed by atoms with Crippen molar-refractivity contribution >= 4 is 38.9 Å². The standard InChI is InChI=1S/C14H14BrClS/c1-8-4-5-11(7-12(8)15)13(16)14-9(2)6-10(3)17-14/h4-7,13H,1-3H3. The van der Waals surface area contributed by atoms with Crippen molar-refractivity contribution in [1.29, 1.82) is 0 Å². The molecule has 0 amide bonds. The smallest absolute Gasteiger partial charge is 0.0930 e. The van der Waals surface area contributed by atoms with Crippen molar-refractivity contribution in [2.24, 2.45) is 0 Å². The lowest BCUT2D eigenvalue weighted by Crippen LogP contribution is -1.93. The number of benzene rings is 1. The average molecular weight is 330 g/mol. The van der Waals surface area contributed by atoms with Gasteiger partial charge < -0.3 is 0 Å². The molecule has 90 valence electrons. The summed E-state index contributed by atoms with van der Waals surface area (Å²) in [6.45, 7) is 6.32. The van der Waals surface area contributed by atoms with Crippen molar-refractivity contribution in [3.63, 3.8) is 0 Å². The molecule has 0 saturated heterocycles. The largest absolute Gasteiger partial charge is 0.143 e. The molecule has 0 spiro atoms. The summed E-state index contributed by atoms with van der Waals surface area (Å²) in [5.74, 6) is 0. The summed E-state index contributed by atoms with van der Waals surface area (Å²) in [5.41, 5.74) is 3.66. The molecular formula is C14H14BrClS. The van der Waals surface area contributed by atoms with Crippen molar-refractivity contribution in [3.05, 3.63) is 55.2 Å². The summed E-state index contributed by atoms with van der Waals surface area (Å²) < 4.78 is 1.12. The van der Waals surface area contributed by atoms with Crippen LogP contribution in [0, 0.1) is 20.8 Å². The molecule has 0 fully saturated rings. The Balaban J connectivity index is 2.40. The van der Waals surface area contributed by atoms with E-state index in [9.17, 15) is 0 Å². The molecule has 1 heterocycles. The van der Waals surface area contributed by atoms with Crippen LogP contribution in [-0.2, 0) is 0 Å². The van der Waals surface area contributed by atoms with Crippen molar-refractivity contribution < 1.29 is 0 Å². The van der Waals surface area contributed by atoms with Gasteiger partial charge in [-0.15, -0.1) is 22.9 Å². The topological polar surface area (TPSA) is 0 Å². The van der Waals surface area contributed by atoms with E-state index in [1.165, 1.54) is 20.9 Å². The lowest BCUT2D eigenvalue weighted by atomic mass is 10.1. The second-order valence-electron chi connectivity index (χ2n) is 4.28. The molecule has 0 aliphatic rings. The van der Waals surface area contributed by atoms with Gasteiger partial charge in [-0.3, -0.25) is 0 Å². The van der Waals surface area contributed by atoms with Gasteiger partial charge in [-0.25, -0.2) is 0 Å². The van der Waals surface area contributed by atoms with Crippen molar-refractivity contribution in [2.75, 3.05) is 0 Å². The average Bonchev–Trinajstić information content (AvgIpc) is 2.61. The van der Waals surface area contributed by atoms with Crippen LogP contribution >= 0.6 is 38.9 Å². The van der Waals surface area contributed by atoms with Crippen LogP contribution in [0.2, 0.25) is 0 Å². The molecule has 17 heavy (non-hydrogen) atoms. The third-order valence-corrected chi connectivity index (χ3v) is 5.47. The van der Waals surface area contributed by atoms with Gasteiger partial charge in [0.25, 0.3) is 0 Å². The Morgan fingerprint density at radius 2 is 1.82 bits per heavy atom. The van der Waals surface area contributed by atoms with E-state index in [2.05, 4.69) is 61.0 Å². The highest BCUT2D eigenvalue weighted by Gasteiger charge is 2.16. The SMILES string of the molecule is Cc1cc(C)c(C(Cl)c2ccc(C)c(Br)c2)s1. The fraction of sp³-hybridized carbons (Fsp3) is 0.286. The van der Waals surface area contributed by atoms with E-state index >= 15 is 0 Å². The number of hydrogen-bond acceptors (Lipinski definition) is 1. The number of halogens is 2. The maximum atomic E-state index is 6.56. The van der Waals surface area contributed by atoms with Crippen LogP contribution in [0.25, 0.3) is 0 Å². The maximum Gasteiger partial charge on any atom is 0.0930 e. The number of aryl methyl sites for hydroxylation is 3. The number of thiophene rings is 1. The Morgan fingerprint density at radius 1 is 1.12 bits per heavy atom. The summed E-state index contributed by atoms with van der Waals surface area (Å²) in [5, 5.41) is -0.0504. The van der Waals surface area contributed by atoms with Crippen LogP contribution in [0.3, 0.4) is 0 Å². The van der Waals surface area contributed by atoms with Crippen LogP contribution in [0.4, 0.5) is 0 Å². The molecule has 0 aliphatic carbocycles. The number of rotatable bonds is 2. The second-order valence-corrected chi connectivity index (χ2v) is 6.85. The summed E-state index contributed by atoms with van der Waals surface area (Å²) in [6, 6.07) is 8.51. The molecule has 0 nitrogen and oxygen atoms in total. The van der Waals surface area contributed by atoms with Crippen LogP contribution in [0.15, 0.2) is 28.7 Å². The Morgan fingerprint density at radius 3 is 2.35 bits per heavy atom. The molecule has 1 aromatic heterocycles. The minimum Gasteiger partial charge on any atom is -0.143 e. The lowest BCUT2D eigenvalue weighted by Gasteiger charge is -2.11. The lowest BCUT2D eigenvalue weighted by molar-refractivity contribution is 1.15. The Hall–Kier alpha value is -0.310. The molecule has 0 aliphatic heterocycles. The van der Waals surface area contributed by atoms with E-state index < -0.39 is 0 Å². The quantitative estimate of drug-likeness (QED) is 0.614. The predicted molar refractivity (Wildman–Crippen MR) is 80.4 cm³/mol. The molecule has 0 bridgehead atoms. The highest BCUT2D eigenvalue weighted by atomic mass is 79.9. The van der Waals surface area contributed by atoms with Gasteiger partial charge in [0.1, 0.15) is 0 Å². The third kappa shape index (κ3) is 2.75. The monoisotopic (exact) mass is 328 g/mol. The van der Waals surface area contributed by atoms with Gasteiger partial charge in [0, 0.05) is 14.2 Å². The summed E-state index contributed by atoms with van der Waals surface area (Å²) >= 11 is 11.9.